The van der Waals surface area contributed by atoms with Gasteiger partial charge in [-0.3, -0.25) is 4.79 Å². The number of rotatable bonds is 5. The van der Waals surface area contributed by atoms with Gasteiger partial charge in [0.05, 0.1) is 17.9 Å². The molecule has 5 heteroatoms. The summed E-state index contributed by atoms with van der Waals surface area (Å²) in [6.07, 6.45) is 5.46. The maximum atomic E-state index is 13.1. The van der Waals surface area contributed by atoms with Crippen molar-refractivity contribution in [3.8, 4) is 11.5 Å². The van der Waals surface area contributed by atoms with E-state index in [0.717, 1.165) is 11.3 Å². The molecule has 4 aromatic rings. The van der Waals surface area contributed by atoms with Gasteiger partial charge >= 0.3 is 0 Å². The van der Waals surface area contributed by atoms with Crippen LogP contribution in [0.3, 0.4) is 0 Å². The molecule has 1 N–H and O–H groups in total. The molecule has 2 heterocycles. The van der Waals surface area contributed by atoms with Crippen LogP contribution in [-0.4, -0.2) is 20.3 Å². The molecule has 0 aliphatic carbocycles. The molecule has 5 nitrogen and oxygen atoms in total. The third-order valence-corrected chi connectivity index (χ3v) is 4.76. The van der Waals surface area contributed by atoms with Crippen molar-refractivity contribution in [1.29, 1.82) is 0 Å². The van der Waals surface area contributed by atoms with Gasteiger partial charge in [0.15, 0.2) is 5.82 Å². The Labute approximate surface area is 164 Å². The molecule has 0 saturated heterocycles. The van der Waals surface area contributed by atoms with Gasteiger partial charge < -0.3 is 9.88 Å². The maximum absolute atomic E-state index is 13.1. The smallest absolute Gasteiger partial charge is 0.257 e. The standard InChI is InChI=1S/C23H22N4O/c1-17-10-12-20(13-11-17)27-23(26-14-6-7-15-26)21(16-24-27)22(28)25-18(2)19-8-4-3-5-9-19/h3-16,18H,1-2H3,(H,25,28). The van der Waals surface area contributed by atoms with Crippen LogP contribution < -0.4 is 5.32 Å². The largest absolute Gasteiger partial charge is 0.345 e. The molecule has 0 bridgehead atoms. The highest BCUT2D eigenvalue weighted by Crippen LogP contribution is 2.21. The first kappa shape index (κ1) is 17.8. The summed E-state index contributed by atoms with van der Waals surface area (Å²) in [5.41, 5.74) is 3.67. The van der Waals surface area contributed by atoms with Crippen LogP contribution in [0.25, 0.3) is 11.5 Å². The molecule has 140 valence electrons. The summed E-state index contributed by atoms with van der Waals surface area (Å²) in [5, 5.41) is 7.59. The Bertz CT molecular complexity index is 1060. The van der Waals surface area contributed by atoms with E-state index in [-0.39, 0.29) is 11.9 Å². The maximum Gasteiger partial charge on any atom is 0.257 e. The number of carbonyl (C=O) groups is 1. The van der Waals surface area contributed by atoms with Crippen LogP contribution in [0.5, 0.6) is 0 Å². The lowest BCUT2D eigenvalue weighted by atomic mass is 10.1. The Kier molecular flexibility index (Phi) is 4.81. The second-order valence-electron chi connectivity index (χ2n) is 6.83. The van der Waals surface area contributed by atoms with Gasteiger partial charge in [-0.15, -0.1) is 0 Å². The van der Waals surface area contributed by atoms with E-state index < -0.39 is 0 Å². The average Bonchev–Trinajstić information content (AvgIpc) is 3.38. The molecule has 0 saturated carbocycles. The van der Waals surface area contributed by atoms with Gasteiger partial charge in [-0.2, -0.15) is 5.10 Å². The first-order chi connectivity index (χ1) is 13.6. The number of aryl methyl sites for hydroxylation is 1. The number of hydrogen-bond acceptors (Lipinski definition) is 2. The van der Waals surface area contributed by atoms with E-state index >= 15 is 0 Å². The lowest BCUT2D eigenvalue weighted by Crippen LogP contribution is -2.27. The van der Waals surface area contributed by atoms with Crippen molar-refractivity contribution >= 4 is 5.91 Å². The van der Waals surface area contributed by atoms with Gasteiger partial charge in [-0.05, 0) is 43.7 Å². The normalized spacial score (nSPS) is 11.9. The molecule has 0 aliphatic heterocycles. The van der Waals surface area contributed by atoms with Crippen LogP contribution in [0.4, 0.5) is 0 Å². The molecule has 1 amide bonds. The van der Waals surface area contributed by atoms with Gasteiger partial charge in [0.2, 0.25) is 0 Å². The topological polar surface area (TPSA) is 51.9 Å². The summed E-state index contributed by atoms with van der Waals surface area (Å²) >= 11 is 0. The second-order valence-corrected chi connectivity index (χ2v) is 6.83. The van der Waals surface area contributed by atoms with Crippen LogP contribution >= 0.6 is 0 Å². The van der Waals surface area contributed by atoms with Crippen molar-refractivity contribution in [2.75, 3.05) is 0 Å². The van der Waals surface area contributed by atoms with E-state index in [1.807, 2.05) is 97.5 Å². The fourth-order valence-electron chi connectivity index (χ4n) is 3.20. The Morgan fingerprint density at radius 1 is 0.964 bits per heavy atom. The third-order valence-electron chi connectivity index (χ3n) is 4.76. The van der Waals surface area contributed by atoms with Crippen LogP contribution in [0.2, 0.25) is 0 Å². The number of benzene rings is 2. The number of nitrogens with zero attached hydrogens (tertiary/aromatic N) is 3. The van der Waals surface area contributed by atoms with Crippen molar-refractivity contribution in [2.45, 2.75) is 19.9 Å². The van der Waals surface area contributed by atoms with Gasteiger partial charge in [-0.1, -0.05) is 48.0 Å². The average molecular weight is 370 g/mol. The number of aromatic nitrogens is 3. The number of amides is 1. The zero-order chi connectivity index (χ0) is 19.5. The van der Waals surface area contributed by atoms with Crippen molar-refractivity contribution in [2.24, 2.45) is 0 Å². The molecular weight excluding hydrogens is 348 g/mol. The minimum absolute atomic E-state index is 0.103. The van der Waals surface area contributed by atoms with Crippen LogP contribution in [-0.2, 0) is 0 Å². The summed E-state index contributed by atoms with van der Waals surface area (Å²) in [7, 11) is 0. The predicted octanol–water partition coefficient (Wildman–Crippen LogP) is 4.46. The van der Waals surface area contributed by atoms with Crippen molar-refractivity contribution in [3.63, 3.8) is 0 Å². The van der Waals surface area contributed by atoms with Crippen molar-refractivity contribution in [3.05, 3.63) is 102 Å². The predicted molar refractivity (Wildman–Crippen MR) is 110 cm³/mol. The van der Waals surface area contributed by atoms with Crippen LogP contribution in [0, 0.1) is 6.92 Å². The van der Waals surface area contributed by atoms with Gasteiger partial charge in [-0.25, -0.2) is 4.68 Å². The number of hydrogen-bond donors (Lipinski definition) is 1. The van der Waals surface area contributed by atoms with E-state index in [1.54, 1.807) is 10.9 Å². The lowest BCUT2D eigenvalue weighted by molar-refractivity contribution is 0.0940. The molecule has 2 aromatic carbocycles. The Balaban J connectivity index is 1.71. The fraction of sp³-hybridized carbons (Fsp3) is 0.130. The minimum atomic E-state index is -0.154. The molecule has 1 unspecified atom stereocenters. The monoisotopic (exact) mass is 370 g/mol. The molecule has 1 atom stereocenters. The summed E-state index contributed by atoms with van der Waals surface area (Å²) in [6, 6.07) is 21.8. The molecule has 0 spiro atoms. The summed E-state index contributed by atoms with van der Waals surface area (Å²) in [5.74, 6) is 0.560. The zero-order valence-corrected chi connectivity index (χ0v) is 15.9. The first-order valence-electron chi connectivity index (χ1n) is 9.27. The molecule has 0 aliphatic rings. The Hall–Kier alpha value is -3.60. The highest BCUT2D eigenvalue weighted by Gasteiger charge is 2.21. The highest BCUT2D eigenvalue weighted by molar-refractivity contribution is 5.97. The minimum Gasteiger partial charge on any atom is -0.345 e. The molecular formula is C23H22N4O. The quantitative estimate of drug-likeness (QED) is 0.564. The summed E-state index contributed by atoms with van der Waals surface area (Å²) < 4.78 is 3.70. The first-order valence-corrected chi connectivity index (χ1v) is 9.27. The number of nitrogens with one attached hydrogen (secondary N) is 1. The third kappa shape index (κ3) is 3.47. The van der Waals surface area contributed by atoms with Gasteiger partial charge in [0, 0.05) is 12.4 Å². The lowest BCUT2D eigenvalue weighted by Gasteiger charge is -2.15. The molecule has 28 heavy (non-hydrogen) atoms. The molecule has 0 radical (unpaired) electrons. The van der Waals surface area contributed by atoms with E-state index in [4.69, 9.17) is 0 Å². The zero-order valence-electron chi connectivity index (χ0n) is 15.9. The number of carbonyl (C=O) groups excluding carboxylic acids is 1. The van der Waals surface area contributed by atoms with E-state index in [0.29, 0.717) is 11.4 Å². The van der Waals surface area contributed by atoms with E-state index in [2.05, 4.69) is 10.4 Å². The van der Waals surface area contributed by atoms with Crippen molar-refractivity contribution in [1.82, 2.24) is 19.7 Å². The van der Waals surface area contributed by atoms with Gasteiger partial charge in [0.1, 0.15) is 5.56 Å². The fourth-order valence-corrected chi connectivity index (χ4v) is 3.20. The molecule has 0 fully saturated rings. The SMILES string of the molecule is Cc1ccc(-n2ncc(C(=O)NC(C)c3ccccc3)c2-n2cccc2)cc1. The second kappa shape index (κ2) is 7.56. The van der Waals surface area contributed by atoms with E-state index in [9.17, 15) is 4.79 Å². The Morgan fingerprint density at radius 2 is 1.64 bits per heavy atom. The summed E-state index contributed by atoms with van der Waals surface area (Å²) in [4.78, 5) is 13.1. The molecule has 4 rings (SSSR count). The van der Waals surface area contributed by atoms with Gasteiger partial charge in [0.25, 0.3) is 5.91 Å². The van der Waals surface area contributed by atoms with Crippen LogP contribution in [0.1, 0.15) is 34.5 Å². The highest BCUT2D eigenvalue weighted by atomic mass is 16.1. The van der Waals surface area contributed by atoms with Crippen LogP contribution in [0.15, 0.2) is 85.3 Å². The van der Waals surface area contributed by atoms with Crippen molar-refractivity contribution < 1.29 is 4.79 Å². The Morgan fingerprint density at radius 3 is 2.32 bits per heavy atom. The van der Waals surface area contributed by atoms with E-state index in [1.165, 1.54) is 5.56 Å². The summed E-state index contributed by atoms with van der Waals surface area (Å²) in [6.45, 7) is 4.02. The molecule has 2 aromatic heterocycles.